The second kappa shape index (κ2) is 5.57. The fourth-order valence-electron chi connectivity index (χ4n) is 0.825. The Labute approximate surface area is 125 Å². The Morgan fingerprint density at radius 3 is 2.36 bits per heavy atom. The van der Waals surface area contributed by atoms with Crippen LogP contribution in [-0.2, 0) is 7.67 Å². The zero-order valence-corrected chi connectivity index (χ0v) is 12.6. The van der Waals surface area contributed by atoms with E-state index in [0.717, 1.165) is 12.1 Å². The van der Waals surface area contributed by atoms with Crippen LogP contribution in [0.2, 0.25) is 0 Å². The quantitative estimate of drug-likeness (QED) is 0.558. The normalized spacial score (nSPS) is 10.4. The van der Waals surface area contributed by atoms with Crippen molar-refractivity contribution in [2.45, 2.75) is 0 Å². The Morgan fingerprint density at radius 2 is 2.00 bits per heavy atom. The van der Waals surface area contributed by atoms with Gasteiger partial charge in [-0.25, -0.2) is 0 Å². The first-order chi connectivity index (χ1) is 5.95. The van der Waals surface area contributed by atoms with Gasteiger partial charge >= 0.3 is 127 Å². The van der Waals surface area contributed by atoms with Crippen LogP contribution in [0.4, 0.5) is 0 Å². The molecule has 7 heteroatoms. The largest absolute Gasteiger partial charge is 1.00 e. The van der Waals surface area contributed by atoms with E-state index in [1.165, 1.54) is 13.2 Å². The Bertz CT molecular complexity index is 414. The van der Waals surface area contributed by atoms with Crippen LogP contribution in [0.15, 0.2) is 18.2 Å². The SMILES string of the molecule is COc1ccc([Se](=O)(=O)[O-])cc1O.[K+]. The molecule has 0 amide bonds. The molecule has 72 valence electrons. The van der Waals surface area contributed by atoms with Gasteiger partial charge in [0, 0.05) is 0 Å². The monoisotopic (exact) mass is 290 g/mol. The second-order valence-electron chi connectivity index (χ2n) is 2.29. The molecule has 0 radical (unpaired) electrons. The van der Waals surface area contributed by atoms with Gasteiger partial charge in [0.15, 0.2) is 0 Å². The molecule has 0 spiro atoms. The van der Waals surface area contributed by atoms with Crippen molar-refractivity contribution in [2.24, 2.45) is 0 Å². The standard InChI is InChI=1S/C7H8O5Se.K/c1-12-7-3-2-5(4-6(7)8)13(9,10)11;/h2-4,8H,1H3,(H,9,10,11);/q;+1/p-1. The number of ether oxygens (including phenoxy) is 1. The summed E-state index contributed by atoms with van der Waals surface area (Å²) in [4.78, 5) is 0. The van der Waals surface area contributed by atoms with E-state index in [-0.39, 0.29) is 62.9 Å². The number of phenolic OH excluding ortho intramolecular Hbond substituents is 1. The molecule has 5 nitrogen and oxygen atoms in total. The minimum Gasteiger partial charge on any atom is 1.00 e. The predicted octanol–water partition coefficient (Wildman–Crippen LogP) is -4.23. The second-order valence-corrected chi connectivity index (χ2v) is 5.18. The van der Waals surface area contributed by atoms with Gasteiger partial charge in [-0.15, -0.1) is 0 Å². The molecule has 0 saturated carbocycles. The van der Waals surface area contributed by atoms with Gasteiger partial charge in [-0.1, -0.05) is 0 Å². The van der Waals surface area contributed by atoms with Crippen LogP contribution in [0.3, 0.4) is 0 Å². The minimum atomic E-state index is -5.24. The van der Waals surface area contributed by atoms with Crippen LogP contribution in [0.25, 0.3) is 0 Å². The average molecular weight is 289 g/mol. The van der Waals surface area contributed by atoms with Crippen molar-refractivity contribution in [3.05, 3.63) is 18.2 Å². The first kappa shape index (κ1) is 14.5. The van der Waals surface area contributed by atoms with Crippen LogP contribution in [0.1, 0.15) is 0 Å². The first-order valence-corrected chi connectivity index (χ1v) is 6.23. The number of phenols is 1. The molecule has 14 heavy (non-hydrogen) atoms. The zero-order chi connectivity index (χ0) is 10.1. The molecule has 1 aromatic rings. The molecule has 1 rings (SSSR count). The van der Waals surface area contributed by atoms with Crippen molar-refractivity contribution in [1.82, 2.24) is 0 Å². The molecule has 0 aromatic heterocycles. The maximum Gasteiger partial charge on any atom is 1.00 e. The number of rotatable bonds is 2. The number of benzene rings is 1. The third kappa shape index (κ3) is 3.60. The number of hydrogen-bond donors (Lipinski definition) is 1. The molecule has 0 aliphatic rings. The van der Waals surface area contributed by atoms with Gasteiger partial charge < -0.3 is 0 Å². The van der Waals surface area contributed by atoms with Gasteiger partial charge in [-0.3, -0.25) is 0 Å². The fourth-order valence-corrected chi connectivity index (χ4v) is 1.85. The predicted molar refractivity (Wildman–Crippen MR) is 41.4 cm³/mol. The molecule has 0 saturated heterocycles. The van der Waals surface area contributed by atoms with Crippen LogP contribution < -0.4 is 64.8 Å². The molecular weight excluding hydrogens is 282 g/mol. The summed E-state index contributed by atoms with van der Waals surface area (Å²) in [5.41, 5.74) is 0. The van der Waals surface area contributed by atoms with E-state index in [1.54, 1.807) is 0 Å². The smallest absolute Gasteiger partial charge is 1.00 e. The first-order valence-electron chi connectivity index (χ1n) is 3.28. The molecule has 0 aliphatic carbocycles. The van der Waals surface area contributed by atoms with Gasteiger partial charge in [-0.2, -0.15) is 0 Å². The van der Waals surface area contributed by atoms with Gasteiger partial charge in [0.25, 0.3) is 0 Å². The summed E-state index contributed by atoms with van der Waals surface area (Å²) in [7, 11) is 1.33. The summed E-state index contributed by atoms with van der Waals surface area (Å²) >= 11 is -5.24. The van der Waals surface area contributed by atoms with E-state index in [1.807, 2.05) is 0 Å². The number of methoxy groups -OCH3 is 1. The van der Waals surface area contributed by atoms with E-state index in [9.17, 15) is 11.9 Å². The summed E-state index contributed by atoms with van der Waals surface area (Å²) in [6.45, 7) is 0. The molecule has 0 aliphatic heterocycles. The van der Waals surface area contributed by atoms with Gasteiger partial charge in [0.05, 0.1) is 0 Å². The molecule has 0 bridgehead atoms. The van der Waals surface area contributed by atoms with E-state index < -0.39 is 17.5 Å². The summed E-state index contributed by atoms with van der Waals surface area (Å²) in [5.74, 6) is -0.228. The fraction of sp³-hybridized carbons (Fsp3) is 0.143. The molecule has 0 atom stereocenters. The number of hydrogen-bond acceptors (Lipinski definition) is 5. The summed E-state index contributed by atoms with van der Waals surface area (Å²) < 4.78 is 35.9. The minimum absolute atomic E-state index is 0. The van der Waals surface area contributed by atoms with E-state index in [0.29, 0.717) is 0 Å². The molecular formula is C7H7KO5Se. The number of aromatic hydroxyl groups is 1. The zero-order valence-electron chi connectivity index (χ0n) is 7.72. The third-order valence-corrected chi connectivity index (χ3v) is 3.18. The van der Waals surface area contributed by atoms with Crippen molar-refractivity contribution in [3.63, 3.8) is 0 Å². The molecule has 0 unspecified atom stereocenters. The maximum atomic E-state index is 10.6. The van der Waals surface area contributed by atoms with Crippen LogP contribution in [0, 0.1) is 0 Å². The average Bonchev–Trinajstić information content (AvgIpc) is 2.02. The van der Waals surface area contributed by atoms with E-state index in [4.69, 9.17) is 5.11 Å². The molecule has 0 heterocycles. The van der Waals surface area contributed by atoms with E-state index >= 15 is 0 Å². The van der Waals surface area contributed by atoms with Crippen LogP contribution in [-0.4, -0.2) is 25.3 Å². The van der Waals surface area contributed by atoms with Crippen molar-refractivity contribution in [2.75, 3.05) is 7.11 Å². The van der Waals surface area contributed by atoms with Crippen molar-refractivity contribution in [1.29, 1.82) is 0 Å². The van der Waals surface area contributed by atoms with Crippen molar-refractivity contribution >= 4 is 17.5 Å². The topological polar surface area (TPSA) is 86.7 Å². The Morgan fingerprint density at radius 1 is 1.43 bits per heavy atom. The molecule has 1 aromatic carbocycles. The van der Waals surface area contributed by atoms with Gasteiger partial charge in [0.2, 0.25) is 0 Å². The van der Waals surface area contributed by atoms with Crippen molar-refractivity contribution in [3.8, 4) is 11.5 Å². The third-order valence-electron chi connectivity index (χ3n) is 1.44. The van der Waals surface area contributed by atoms with Gasteiger partial charge in [0.1, 0.15) is 0 Å². The van der Waals surface area contributed by atoms with Crippen molar-refractivity contribution < 1.29 is 73.1 Å². The molecule has 0 fully saturated rings. The van der Waals surface area contributed by atoms with E-state index in [2.05, 4.69) is 4.74 Å². The Kier molecular flexibility index (Phi) is 5.79. The Hall–Kier alpha value is 0.536. The van der Waals surface area contributed by atoms with Gasteiger partial charge in [-0.05, 0) is 0 Å². The summed E-state index contributed by atoms with van der Waals surface area (Å²) in [6, 6.07) is 3.21. The summed E-state index contributed by atoms with van der Waals surface area (Å²) in [5, 5.41) is 9.14. The molecule has 1 N–H and O–H groups in total. The maximum absolute atomic E-state index is 10.6. The van der Waals surface area contributed by atoms with Crippen LogP contribution in [0.5, 0.6) is 11.5 Å². The Balaban J connectivity index is 0.00000169. The van der Waals surface area contributed by atoms with Crippen LogP contribution >= 0.6 is 0 Å². The summed E-state index contributed by atoms with van der Waals surface area (Å²) in [6.07, 6.45) is 0.